The van der Waals surface area contributed by atoms with Crippen molar-refractivity contribution in [3.8, 4) is 0 Å². The molecule has 0 spiro atoms. The first kappa shape index (κ1) is 19.7. The van der Waals surface area contributed by atoms with Gasteiger partial charge in [0.1, 0.15) is 0 Å². The van der Waals surface area contributed by atoms with Crippen LogP contribution in [0.4, 0.5) is 5.69 Å². The summed E-state index contributed by atoms with van der Waals surface area (Å²) in [5.74, 6) is 1.09. The summed E-state index contributed by atoms with van der Waals surface area (Å²) in [7, 11) is 1.82. The predicted octanol–water partition coefficient (Wildman–Crippen LogP) is 2.35. The number of carbonyl (C=O) groups is 1. The van der Waals surface area contributed by atoms with Crippen LogP contribution in [0.25, 0.3) is 0 Å². The van der Waals surface area contributed by atoms with Crippen LogP contribution in [0.5, 0.6) is 0 Å². The fourth-order valence-electron chi connectivity index (χ4n) is 3.85. The third-order valence-corrected chi connectivity index (χ3v) is 5.61. The second-order valence-corrected chi connectivity index (χ2v) is 7.79. The Balaban J connectivity index is 1.46. The second kappa shape index (κ2) is 9.22. The van der Waals surface area contributed by atoms with Crippen molar-refractivity contribution in [3.05, 3.63) is 29.8 Å². The predicted molar refractivity (Wildman–Crippen MR) is 111 cm³/mol. The summed E-state index contributed by atoms with van der Waals surface area (Å²) in [4.78, 5) is 20.6. The van der Waals surface area contributed by atoms with Gasteiger partial charge in [0.2, 0.25) is 5.91 Å². The topological polar surface area (TPSA) is 60.0 Å². The molecule has 2 aliphatic rings. The second-order valence-electron chi connectivity index (χ2n) is 7.79. The zero-order valence-corrected chi connectivity index (χ0v) is 16.9. The largest absolute Gasteiger partial charge is 0.354 e. The van der Waals surface area contributed by atoms with E-state index in [1.807, 2.05) is 24.1 Å². The number of aliphatic imine (C=N–C) groups is 1. The number of amides is 1. The highest BCUT2D eigenvalue weighted by Gasteiger charge is 2.22. The standard InChI is InChI=1S/C21H33N5O/c1-16(2)25-13-10-18(11-14-25)24-21(22-3)23-15-17-6-8-19(9-7-17)26-12-4-5-20(26)27/h6-9,16,18H,4-5,10-15H2,1-3H3,(H2,22,23,24). The number of hydrogen-bond acceptors (Lipinski definition) is 3. The maximum absolute atomic E-state index is 11.8. The highest BCUT2D eigenvalue weighted by Crippen LogP contribution is 2.21. The molecule has 2 N–H and O–H groups in total. The van der Waals surface area contributed by atoms with Gasteiger partial charge < -0.3 is 20.4 Å². The first-order valence-electron chi connectivity index (χ1n) is 10.2. The summed E-state index contributed by atoms with van der Waals surface area (Å²) >= 11 is 0. The molecule has 6 nitrogen and oxygen atoms in total. The van der Waals surface area contributed by atoms with E-state index in [1.165, 1.54) is 5.56 Å². The number of nitrogens with zero attached hydrogens (tertiary/aromatic N) is 3. The normalized spacial score (nSPS) is 19.8. The highest BCUT2D eigenvalue weighted by atomic mass is 16.2. The van der Waals surface area contributed by atoms with Crippen molar-refractivity contribution in [2.24, 2.45) is 4.99 Å². The SMILES string of the molecule is CN=C(NCc1ccc(N2CCCC2=O)cc1)NC1CCN(C(C)C)CC1. The fraction of sp³-hybridized carbons (Fsp3) is 0.619. The van der Waals surface area contributed by atoms with Crippen LogP contribution in [-0.4, -0.2) is 55.5 Å². The van der Waals surface area contributed by atoms with Crippen molar-refractivity contribution in [2.45, 2.75) is 58.2 Å². The molecule has 2 heterocycles. The summed E-state index contributed by atoms with van der Waals surface area (Å²) in [6, 6.07) is 9.36. The molecule has 3 rings (SSSR count). The van der Waals surface area contributed by atoms with E-state index in [-0.39, 0.29) is 5.91 Å². The molecule has 2 saturated heterocycles. The molecule has 0 unspecified atom stereocenters. The molecule has 0 saturated carbocycles. The molecular weight excluding hydrogens is 338 g/mol. The van der Waals surface area contributed by atoms with Gasteiger partial charge >= 0.3 is 0 Å². The van der Waals surface area contributed by atoms with Crippen LogP contribution in [-0.2, 0) is 11.3 Å². The number of rotatable bonds is 5. The lowest BCUT2D eigenvalue weighted by molar-refractivity contribution is -0.117. The molecule has 0 radical (unpaired) electrons. The van der Waals surface area contributed by atoms with Gasteiger partial charge in [0.05, 0.1) is 0 Å². The molecule has 0 atom stereocenters. The molecular formula is C21H33N5O. The lowest BCUT2D eigenvalue weighted by atomic mass is 10.0. The van der Waals surface area contributed by atoms with Crippen molar-refractivity contribution >= 4 is 17.6 Å². The highest BCUT2D eigenvalue weighted by molar-refractivity contribution is 5.95. The Hall–Kier alpha value is -2.08. The zero-order valence-electron chi connectivity index (χ0n) is 16.9. The first-order valence-corrected chi connectivity index (χ1v) is 10.2. The maximum Gasteiger partial charge on any atom is 0.227 e. The van der Waals surface area contributed by atoms with Gasteiger partial charge in [-0.2, -0.15) is 0 Å². The van der Waals surface area contributed by atoms with Gasteiger partial charge in [-0.3, -0.25) is 9.79 Å². The van der Waals surface area contributed by atoms with Crippen LogP contribution in [0.3, 0.4) is 0 Å². The van der Waals surface area contributed by atoms with Crippen LogP contribution in [0.1, 0.15) is 45.1 Å². The van der Waals surface area contributed by atoms with Gasteiger partial charge in [0, 0.05) is 57.4 Å². The third-order valence-electron chi connectivity index (χ3n) is 5.61. The Labute approximate surface area is 163 Å². The van der Waals surface area contributed by atoms with E-state index in [1.54, 1.807) is 0 Å². The number of anilines is 1. The monoisotopic (exact) mass is 371 g/mol. The summed E-state index contributed by atoms with van der Waals surface area (Å²) in [6.07, 6.45) is 3.93. The molecule has 0 aromatic heterocycles. The van der Waals surface area contributed by atoms with Crippen LogP contribution in [0.2, 0.25) is 0 Å². The van der Waals surface area contributed by atoms with E-state index < -0.39 is 0 Å². The van der Waals surface area contributed by atoms with Crippen LogP contribution in [0, 0.1) is 0 Å². The van der Waals surface area contributed by atoms with Crippen molar-refractivity contribution < 1.29 is 4.79 Å². The van der Waals surface area contributed by atoms with Gasteiger partial charge in [0.15, 0.2) is 5.96 Å². The van der Waals surface area contributed by atoms with E-state index in [0.717, 1.165) is 57.1 Å². The Kier molecular flexibility index (Phi) is 6.72. The Bertz CT molecular complexity index is 647. The Morgan fingerprint density at radius 3 is 2.44 bits per heavy atom. The molecule has 6 heteroatoms. The molecule has 2 aliphatic heterocycles. The van der Waals surface area contributed by atoms with Crippen molar-refractivity contribution in [2.75, 3.05) is 31.6 Å². The van der Waals surface area contributed by atoms with Gasteiger partial charge in [0.25, 0.3) is 0 Å². The molecule has 148 valence electrons. The van der Waals surface area contributed by atoms with Gasteiger partial charge in [-0.15, -0.1) is 0 Å². The lowest BCUT2D eigenvalue weighted by Crippen LogP contribution is -2.49. The average molecular weight is 372 g/mol. The number of hydrogen-bond donors (Lipinski definition) is 2. The van der Waals surface area contributed by atoms with Crippen molar-refractivity contribution in [1.82, 2.24) is 15.5 Å². The van der Waals surface area contributed by atoms with E-state index in [9.17, 15) is 4.79 Å². The van der Waals surface area contributed by atoms with E-state index in [0.29, 0.717) is 18.5 Å². The maximum atomic E-state index is 11.8. The molecule has 0 bridgehead atoms. The molecule has 1 aromatic carbocycles. The summed E-state index contributed by atoms with van der Waals surface area (Å²) in [6.45, 7) is 8.37. The number of likely N-dealkylation sites (tertiary alicyclic amines) is 1. The minimum absolute atomic E-state index is 0.231. The summed E-state index contributed by atoms with van der Waals surface area (Å²) < 4.78 is 0. The zero-order chi connectivity index (χ0) is 19.2. The summed E-state index contributed by atoms with van der Waals surface area (Å²) in [5.41, 5.74) is 2.18. The molecule has 0 aliphatic carbocycles. The van der Waals surface area contributed by atoms with E-state index >= 15 is 0 Å². The first-order chi connectivity index (χ1) is 13.1. The number of guanidine groups is 1. The molecule has 1 aromatic rings. The molecule has 27 heavy (non-hydrogen) atoms. The van der Waals surface area contributed by atoms with E-state index in [4.69, 9.17) is 0 Å². The number of carbonyl (C=O) groups excluding carboxylic acids is 1. The Morgan fingerprint density at radius 2 is 1.89 bits per heavy atom. The lowest BCUT2D eigenvalue weighted by Gasteiger charge is -2.35. The van der Waals surface area contributed by atoms with Gasteiger partial charge in [-0.1, -0.05) is 12.1 Å². The Morgan fingerprint density at radius 1 is 1.19 bits per heavy atom. The number of nitrogens with one attached hydrogen (secondary N) is 2. The minimum Gasteiger partial charge on any atom is -0.354 e. The quantitative estimate of drug-likeness (QED) is 0.616. The number of piperidine rings is 1. The summed E-state index contributed by atoms with van der Waals surface area (Å²) in [5, 5.41) is 6.97. The minimum atomic E-state index is 0.231. The van der Waals surface area contributed by atoms with E-state index in [2.05, 4.69) is 46.5 Å². The molecule has 2 fully saturated rings. The van der Waals surface area contributed by atoms with Crippen LogP contribution < -0.4 is 15.5 Å². The number of benzene rings is 1. The fourth-order valence-corrected chi connectivity index (χ4v) is 3.85. The van der Waals surface area contributed by atoms with Gasteiger partial charge in [-0.25, -0.2) is 0 Å². The smallest absolute Gasteiger partial charge is 0.227 e. The van der Waals surface area contributed by atoms with Gasteiger partial charge in [-0.05, 0) is 50.8 Å². The molecule has 1 amide bonds. The van der Waals surface area contributed by atoms with Crippen LogP contribution >= 0.6 is 0 Å². The van der Waals surface area contributed by atoms with Crippen molar-refractivity contribution in [1.29, 1.82) is 0 Å². The average Bonchev–Trinajstić information content (AvgIpc) is 3.12. The van der Waals surface area contributed by atoms with Crippen LogP contribution in [0.15, 0.2) is 29.3 Å². The van der Waals surface area contributed by atoms with Crippen molar-refractivity contribution in [3.63, 3.8) is 0 Å². The third kappa shape index (κ3) is 5.22.